The number of rotatable bonds is 5. The Morgan fingerprint density at radius 3 is 2.59 bits per heavy atom. The first-order valence-electron chi connectivity index (χ1n) is 9.33. The minimum atomic E-state index is -0.619. The summed E-state index contributed by atoms with van der Waals surface area (Å²) in [5.74, 6) is -0.611. The molecule has 3 rings (SSSR count). The van der Waals surface area contributed by atoms with Gasteiger partial charge in [0.2, 0.25) is 0 Å². The molecule has 2 aromatic carbocycles. The third-order valence-corrected chi connectivity index (χ3v) is 5.02. The molecule has 0 bridgehead atoms. The van der Waals surface area contributed by atoms with Crippen LogP contribution in [0.2, 0.25) is 5.02 Å². The molecule has 11 heteroatoms. The van der Waals surface area contributed by atoms with Crippen LogP contribution in [0.3, 0.4) is 0 Å². The molecule has 2 amide bonds. The average molecular weight is 475 g/mol. The molecule has 0 unspecified atom stereocenters. The van der Waals surface area contributed by atoms with Gasteiger partial charge in [0.15, 0.2) is 5.13 Å². The summed E-state index contributed by atoms with van der Waals surface area (Å²) in [6.45, 7) is 5.32. The van der Waals surface area contributed by atoms with E-state index < -0.39 is 22.5 Å². The van der Waals surface area contributed by atoms with Crippen LogP contribution in [0.1, 0.15) is 31.1 Å². The van der Waals surface area contributed by atoms with Crippen LogP contribution in [-0.2, 0) is 4.74 Å². The van der Waals surface area contributed by atoms with Crippen molar-refractivity contribution >= 4 is 51.4 Å². The lowest BCUT2D eigenvalue weighted by Crippen LogP contribution is -2.27. The number of amides is 2. The van der Waals surface area contributed by atoms with Crippen molar-refractivity contribution in [3.63, 3.8) is 0 Å². The highest BCUT2D eigenvalue weighted by molar-refractivity contribution is 7.14. The maximum atomic E-state index is 12.5. The van der Waals surface area contributed by atoms with E-state index in [1.54, 1.807) is 50.4 Å². The number of thiazole rings is 1. The Morgan fingerprint density at radius 2 is 1.91 bits per heavy atom. The maximum absolute atomic E-state index is 12.5. The number of nitrogens with one attached hydrogen (secondary N) is 2. The molecule has 2 N–H and O–H groups in total. The number of anilines is 2. The summed E-state index contributed by atoms with van der Waals surface area (Å²) in [5, 5.41) is 18.3. The minimum absolute atomic E-state index is 0.0267. The number of carbonyl (C=O) groups excluding carboxylic acids is 2. The Balaban J connectivity index is 1.74. The molecular formula is C21H19ClN4O5S. The van der Waals surface area contributed by atoms with Crippen LogP contribution in [0.5, 0.6) is 0 Å². The van der Waals surface area contributed by atoms with Crippen LogP contribution in [-0.4, -0.2) is 27.5 Å². The lowest BCUT2D eigenvalue weighted by molar-refractivity contribution is -0.384. The second-order valence-electron chi connectivity index (χ2n) is 7.62. The molecule has 166 valence electrons. The molecule has 0 aliphatic heterocycles. The number of aromatic nitrogens is 1. The van der Waals surface area contributed by atoms with E-state index in [1.165, 1.54) is 23.5 Å². The lowest BCUT2D eigenvalue weighted by Gasteiger charge is -2.19. The standard InChI is InChI=1S/C21H19ClN4O5S/c1-21(2,3)31-20(28)23-13-6-4-5-12(9-13)17-11-32-19(24-17)25-18(27)15-10-14(26(29)30)7-8-16(15)22/h4-11H,1-3H3,(H,23,28)(H,24,25,27). The van der Waals surface area contributed by atoms with Gasteiger partial charge in [-0.25, -0.2) is 9.78 Å². The van der Waals surface area contributed by atoms with Crippen molar-refractivity contribution in [2.24, 2.45) is 0 Å². The summed E-state index contributed by atoms with van der Waals surface area (Å²) in [5.41, 5.74) is 0.923. The van der Waals surface area contributed by atoms with Gasteiger partial charge in [0.05, 0.1) is 21.2 Å². The fraction of sp³-hybridized carbons (Fsp3) is 0.190. The number of ether oxygens (including phenoxy) is 1. The maximum Gasteiger partial charge on any atom is 0.412 e. The van der Waals surface area contributed by atoms with Crippen LogP contribution < -0.4 is 10.6 Å². The SMILES string of the molecule is CC(C)(C)OC(=O)Nc1cccc(-c2csc(NC(=O)c3cc([N+](=O)[O-])ccc3Cl)n2)c1. The molecule has 0 aliphatic carbocycles. The van der Waals surface area contributed by atoms with Crippen molar-refractivity contribution in [3.05, 3.63) is 68.5 Å². The van der Waals surface area contributed by atoms with Gasteiger partial charge in [-0.1, -0.05) is 23.7 Å². The van der Waals surface area contributed by atoms with E-state index in [-0.39, 0.29) is 21.4 Å². The van der Waals surface area contributed by atoms with Crippen LogP contribution in [0, 0.1) is 10.1 Å². The van der Waals surface area contributed by atoms with Crippen molar-refractivity contribution in [2.45, 2.75) is 26.4 Å². The molecule has 0 fully saturated rings. The summed E-state index contributed by atoms with van der Waals surface area (Å²) in [6.07, 6.45) is -0.574. The number of carbonyl (C=O) groups is 2. The Morgan fingerprint density at radius 1 is 1.16 bits per heavy atom. The number of nitro groups is 1. The molecule has 0 aliphatic rings. The normalized spacial score (nSPS) is 11.0. The fourth-order valence-corrected chi connectivity index (χ4v) is 3.52. The molecule has 0 atom stereocenters. The second kappa shape index (κ2) is 9.33. The van der Waals surface area contributed by atoms with Crippen molar-refractivity contribution < 1.29 is 19.2 Å². The Hall–Kier alpha value is -3.50. The number of halogens is 1. The smallest absolute Gasteiger partial charge is 0.412 e. The van der Waals surface area contributed by atoms with Gasteiger partial charge in [-0.2, -0.15) is 0 Å². The van der Waals surface area contributed by atoms with Gasteiger partial charge in [0.25, 0.3) is 11.6 Å². The predicted molar refractivity (Wildman–Crippen MR) is 123 cm³/mol. The van der Waals surface area contributed by atoms with Gasteiger partial charge in [-0.05, 0) is 39.0 Å². The molecule has 0 radical (unpaired) electrons. The molecule has 0 saturated heterocycles. The minimum Gasteiger partial charge on any atom is -0.444 e. The summed E-state index contributed by atoms with van der Waals surface area (Å²) < 4.78 is 5.25. The topological polar surface area (TPSA) is 123 Å². The van der Waals surface area contributed by atoms with Gasteiger partial charge >= 0.3 is 6.09 Å². The van der Waals surface area contributed by atoms with Gasteiger partial charge in [-0.15, -0.1) is 11.3 Å². The zero-order valence-corrected chi connectivity index (χ0v) is 18.9. The second-order valence-corrected chi connectivity index (χ2v) is 8.89. The van der Waals surface area contributed by atoms with Gasteiger partial charge in [0.1, 0.15) is 5.60 Å². The zero-order valence-electron chi connectivity index (χ0n) is 17.3. The molecule has 1 aromatic heterocycles. The van der Waals surface area contributed by atoms with E-state index in [9.17, 15) is 19.7 Å². The first kappa shape index (κ1) is 23.2. The lowest BCUT2D eigenvalue weighted by atomic mass is 10.1. The van der Waals surface area contributed by atoms with E-state index in [1.807, 2.05) is 0 Å². The first-order chi connectivity index (χ1) is 15.0. The van der Waals surface area contributed by atoms with Crippen molar-refractivity contribution in [1.82, 2.24) is 4.98 Å². The fourth-order valence-electron chi connectivity index (χ4n) is 2.61. The number of benzene rings is 2. The number of nitrogens with zero attached hydrogens (tertiary/aromatic N) is 2. The van der Waals surface area contributed by atoms with E-state index in [0.29, 0.717) is 16.9 Å². The highest BCUT2D eigenvalue weighted by Gasteiger charge is 2.18. The third-order valence-electron chi connectivity index (χ3n) is 3.93. The van der Waals surface area contributed by atoms with Gasteiger partial charge in [0, 0.05) is 28.8 Å². The predicted octanol–water partition coefficient (Wildman–Crippen LogP) is 5.97. The summed E-state index contributed by atoms with van der Waals surface area (Å²) in [7, 11) is 0. The van der Waals surface area contributed by atoms with E-state index in [2.05, 4.69) is 15.6 Å². The molecule has 9 nitrogen and oxygen atoms in total. The summed E-state index contributed by atoms with van der Waals surface area (Å²) in [4.78, 5) is 39.2. The number of non-ortho nitro benzene ring substituents is 1. The number of hydrogen-bond acceptors (Lipinski definition) is 7. The van der Waals surface area contributed by atoms with Crippen LogP contribution >= 0.6 is 22.9 Å². The Labute approximate surface area is 192 Å². The average Bonchev–Trinajstić information content (AvgIpc) is 3.15. The zero-order chi connectivity index (χ0) is 23.5. The Kier molecular flexibility index (Phi) is 6.75. The van der Waals surface area contributed by atoms with Crippen molar-refractivity contribution in [2.75, 3.05) is 10.6 Å². The number of hydrogen-bond donors (Lipinski definition) is 2. The van der Waals surface area contributed by atoms with Crippen molar-refractivity contribution in [3.8, 4) is 11.3 Å². The highest BCUT2D eigenvalue weighted by atomic mass is 35.5. The van der Waals surface area contributed by atoms with Crippen LogP contribution in [0.25, 0.3) is 11.3 Å². The molecule has 1 heterocycles. The largest absolute Gasteiger partial charge is 0.444 e. The molecule has 32 heavy (non-hydrogen) atoms. The van der Waals surface area contributed by atoms with E-state index in [4.69, 9.17) is 16.3 Å². The van der Waals surface area contributed by atoms with E-state index in [0.717, 1.165) is 6.07 Å². The van der Waals surface area contributed by atoms with Gasteiger partial charge in [-0.3, -0.25) is 25.5 Å². The van der Waals surface area contributed by atoms with Crippen molar-refractivity contribution in [1.29, 1.82) is 0 Å². The van der Waals surface area contributed by atoms with Crippen LogP contribution in [0.15, 0.2) is 47.8 Å². The first-order valence-corrected chi connectivity index (χ1v) is 10.6. The third kappa shape index (κ3) is 6.02. The van der Waals surface area contributed by atoms with E-state index >= 15 is 0 Å². The van der Waals surface area contributed by atoms with Gasteiger partial charge < -0.3 is 4.74 Å². The Bertz CT molecular complexity index is 1190. The number of nitro benzene ring substituents is 1. The molecule has 0 saturated carbocycles. The molecular weight excluding hydrogens is 456 g/mol. The summed E-state index contributed by atoms with van der Waals surface area (Å²) >= 11 is 7.20. The monoisotopic (exact) mass is 474 g/mol. The highest BCUT2D eigenvalue weighted by Crippen LogP contribution is 2.28. The molecule has 0 spiro atoms. The summed E-state index contributed by atoms with van der Waals surface area (Å²) in [6, 6.07) is 10.6. The quantitative estimate of drug-likeness (QED) is 0.346. The van der Waals surface area contributed by atoms with Crippen LogP contribution in [0.4, 0.5) is 21.3 Å². The molecule has 3 aromatic rings.